The molecule has 0 aromatic heterocycles. The Hall–Kier alpha value is -2.53. The number of ketones is 1. The molecule has 198 valence electrons. The Morgan fingerprint density at radius 3 is 2.36 bits per heavy atom. The standard InChI is InChI=1S/C31H46N2O3/c1-9-26(17-23(7)24(8)34)30(21(4)5)33-28-18-25(15-14-22(28)6)19-32-29(16-20(2)3)31(35)36-27-12-10-11-13-27/h9,14-15,17-18,20-21,27,29,32H,10-13,16,19H2,1-8H3/b23-17-,26-9+,33-30+. The van der Waals surface area contributed by atoms with Gasteiger partial charge in [0.15, 0.2) is 5.78 Å². The molecule has 1 aliphatic carbocycles. The molecule has 1 aromatic carbocycles. The highest BCUT2D eigenvalue weighted by molar-refractivity contribution is 6.07. The van der Waals surface area contributed by atoms with Gasteiger partial charge < -0.3 is 10.1 Å². The molecule has 5 nitrogen and oxygen atoms in total. The fourth-order valence-corrected chi connectivity index (χ4v) is 4.41. The monoisotopic (exact) mass is 494 g/mol. The van der Waals surface area contributed by atoms with Crippen molar-refractivity contribution in [2.45, 2.75) is 106 Å². The normalized spacial score (nSPS) is 16.7. The van der Waals surface area contributed by atoms with Gasteiger partial charge in [0.05, 0.1) is 11.4 Å². The number of benzene rings is 1. The molecule has 1 saturated carbocycles. The van der Waals surface area contributed by atoms with Gasteiger partial charge >= 0.3 is 5.97 Å². The minimum absolute atomic E-state index is 0.0594. The molecule has 1 fully saturated rings. The third kappa shape index (κ3) is 9.16. The number of nitrogens with one attached hydrogen (secondary N) is 1. The first kappa shape index (κ1) is 29.7. The summed E-state index contributed by atoms with van der Waals surface area (Å²) < 4.78 is 5.81. The molecule has 5 heteroatoms. The lowest BCUT2D eigenvalue weighted by Crippen LogP contribution is -2.40. The maximum absolute atomic E-state index is 12.9. The first-order chi connectivity index (χ1) is 17.0. The average Bonchev–Trinajstić information content (AvgIpc) is 3.32. The molecule has 0 heterocycles. The van der Waals surface area contributed by atoms with Crippen molar-refractivity contribution in [3.05, 3.63) is 52.6 Å². The number of hydrogen-bond donors (Lipinski definition) is 1. The van der Waals surface area contributed by atoms with E-state index in [4.69, 9.17) is 9.73 Å². The van der Waals surface area contributed by atoms with Gasteiger partial charge in [0, 0.05) is 6.54 Å². The first-order valence-corrected chi connectivity index (χ1v) is 13.5. The van der Waals surface area contributed by atoms with Crippen molar-refractivity contribution in [3.8, 4) is 0 Å². The van der Waals surface area contributed by atoms with Crippen molar-refractivity contribution in [2.75, 3.05) is 0 Å². The van der Waals surface area contributed by atoms with Crippen LogP contribution in [0, 0.1) is 18.8 Å². The number of hydrogen-bond acceptors (Lipinski definition) is 5. The van der Waals surface area contributed by atoms with Crippen LogP contribution >= 0.6 is 0 Å². The minimum Gasteiger partial charge on any atom is -0.461 e. The Morgan fingerprint density at radius 2 is 1.81 bits per heavy atom. The Labute approximate surface area is 218 Å². The molecule has 36 heavy (non-hydrogen) atoms. The van der Waals surface area contributed by atoms with Gasteiger partial charge in [0.2, 0.25) is 0 Å². The fourth-order valence-electron chi connectivity index (χ4n) is 4.41. The average molecular weight is 495 g/mol. The highest BCUT2D eigenvalue weighted by Gasteiger charge is 2.26. The second-order valence-electron chi connectivity index (χ2n) is 10.8. The Balaban J connectivity index is 2.25. The number of nitrogens with zero attached hydrogens (tertiary/aromatic N) is 1. The molecule has 1 N–H and O–H groups in total. The molecule has 1 unspecified atom stereocenters. The number of carbonyl (C=O) groups excluding carboxylic acids is 2. The van der Waals surface area contributed by atoms with Crippen molar-refractivity contribution in [1.82, 2.24) is 5.32 Å². The molecular formula is C31H46N2O3. The van der Waals surface area contributed by atoms with Crippen LogP contribution in [0.25, 0.3) is 0 Å². The van der Waals surface area contributed by atoms with E-state index < -0.39 is 0 Å². The molecule has 0 aliphatic heterocycles. The van der Waals surface area contributed by atoms with Gasteiger partial charge in [-0.1, -0.05) is 45.9 Å². The van der Waals surface area contributed by atoms with Crippen molar-refractivity contribution in [3.63, 3.8) is 0 Å². The maximum Gasteiger partial charge on any atom is 0.323 e. The fraction of sp³-hybridized carbons (Fsp3) is 0.581. The molecule has 0 bridgehead atoms. The summed E-state index contributed by atoms with van der Waals surface area (Å²) in [4.78, 5) is 29.8. The molecule has 2 rings (SSSR count). The molecule has 0 radical (unpaired) electrons. The van der Waals surface area contributed by atoms with E-state index in [2.05, 4.69) is 58.1 Å². The number of allylic oxidation sites excluding steroid dienone is 4. The zero-order valence-electron chi connectivity index (χ0n) is 23.6. The van der Waals surface area contributed by atoms with Crippen molar-refractivity contribution in [1.29, 1.82) is 0 Å². The summed E-state index contributed by atoms with van der Waals surface area (Å²) in [6.07, 6.45) is 9.00. The van der Waals surface area contributed by atoms with E-state index in [1.165, 1.54) is 0 Å². The van der Waals surface area contributed by atoms with Crippen LogP contribution in [0.2, 0.25) is 0 Å². The highest BCUT2D eigenvalue weighted by atomic mass is 16.5. The van der Waals surface area contributed by atoms with E-state index in [1.54, 1.807) is 6.92 Å². The smallest absolute Gasteiger partial charge is 0.323 e. The van der Waals surface area contributed by atoms with Crippen LogP contribution in [0.5, 0.6) is 0 Å². The van der Waals surface area contributed by atoms with Gasteiger partial charge in [0.1, 0.15) is 12.1 Å². The number of carbonyl (C=O) groups is 2. The third-order valence-electron chi connectivity index (χ3n) is 6.72. The van der Waals surface area contributed by atoms with Crippen LogP contribution in [0.1, 0.15) is 91.7 Å². The van der Waals surface area contributed by atoms with Gasteiger partial charge in [-0.3, -0.25) is 14.6 Å². The van der Waals surface area contributed by atoms with Gasteiger partial charge in [-0.15, -0.1) is 0 Å². The second-order valence-corrected chi connectivity index (χ2v) is 10.8. The van der Waals surface area contributed by atoms with Gasteiger partial charge in [-0.2, -0.15) is 0 Å². The van der Waals surface area contributed by atoms with E-state index in [1.807, 2.05) is 26.0 Å². The Kier molecular flexibility index (Phi) is 11.8. The van der Waals surface area contributed by atoms with E-state index >= 15 is 0 Å². The topological polar surface area (TPSA) is 67.8 Å². The van der Waals surface area contributed by atoms with Crippen LogP contribution in [-0.2, 0) is 20.9 Å². The van der Waals surface area contributed by atoms with Crippen LogP contribution < -0.4 is 5.32 Å². The number of rotatable bonds is 12. The second kappa shape index (κ2) is 14.3. The summed E-state index contributed by atoms with van der Waals surface area (Å²) in [5, 5.41) is 3.45. The lowest BCUT2D eigenvalue weighted by Gasteiger charge is -2.22. The van der Waals surface area contributed by atoms with Crippen molar-refractivity contribution >= 4 is 23.2 Å². The molecule has 0 spiro atoms. The molecule has 1 aromatic rings. The molecule has 1 atom stereocenters. The summed E-state index contributed by atoms with van der Waals surface area (Å²) in [5.74, 6) is 0.503. The first-order valence-electron chi connectivity index (χ1n) is 13.5. The number of Topliss-reactive ketones (excluding diaryl/α,β-unsaturated/α-hetero) is 1. The van der Waals surface area contributed by atoms with Crippen LogP contribution in [0.4, 0.5) is 5.69 Å². The lowest BCUT2D eigenvalue weighted by atomic mass is 9.96. The highest BCUT2D eigenvalue weighted by Crippen LogP contribution is 2.25. The largest absolute Gasteiger partial charge is 0.461 e. The lowest BCUT2D eigenvalue weighted by molar-refractivity contribution is -0.151. The van der Waals surface area contributed by atoms with Gasteiger partial charge in [-0.05, 0) is 106 Å². The molecular weight excluding hydrogens is 448 g/mol. The molecule has 0 saturated heterocycles. The van der Waals surface area contributed by atoms with Crippen LogP contribution in [0.15, 0.2) is 46.5 Å². The van der Waals surface area contributed by atoms with E-state index in [0.717, 1.165) is 60.2 Å². The summed E-state index contributed by atoms with van der Waals surface area (Å²) in [7, 11) is 0. The van der Waals surface area contributed by atoms with E-state index in [-0.39, 0.29) is 29.8 Å². The predicted molar refractivity (Wildman–Crippen MR) is 150 cm³/mol. The van der Waals surface area contributed by atoms with Crippen LogP contribution in [-0.4, -0.2) is 29.6 Å². The zero-order valence-corrected chi connectivity index (χ0v) is 23.6. The van der Waals surface area contributed by atoms with Gasteiger partial charge in [-0.25, -0.2) is 0 Å². The van der Waals surface area contributed by atoms with Crippen LogP contribution in [0.3, 0.4) is 0 Å². The van der Waals surface area contributed by atoms with Crippen molar-refractivity contribution in [2.24, 2.45) is 16.8 Å². The summed E-state index contributed by atoms with van der Waals surface area (Å²) in [5.41, 5.74) is 5.68. The summed E-state index contributed by atoms with van der Waals surface area (Å²) in [6.45, 7) is 16.5. The number of aliphatic imine (C=N–C) groups is 1. The number of aryl methyl sites for hydroxylation is 1. The SMILES string of the molecule is C/C=C(\C=C(\C)C(C)=O)C(=N/c1cc(CNC(CC(C)C)C(=O)OC2CCCC2)ccc1C)/C(C)C. The zero-order chi connectivity index (χ0) is 26.8. The Morgan fingerprint density at radius 1 is 1.14 bits per heavy atom. The van der Waals surface area contributed by atoms with Crippen molar-refractivity contribution < 1.29 is 14.3 Å². The van der Waals surface area contributed by atoms with E-state index in [9.17, 15) is 9.59 Å². The quantitative estimate of drug-likeness (QED) is 0.144. The number of esters is 1. The third-order valence-corrected chi connectivity index (χ3v) is 6.72. The molecule has 1 aliphatic rings. The predicted octanol–water partition coefficient (Wildman–Crippen LogP) is 7.20. The Bertz CT molecular complexity index is 995. The summed E-state index contributed by atoms with van der Waals surface area (Å²) >= 11 is 0. The maximum atomic E-state index is 12.9. The number of ether oxygens (including phenoxy) is 1. The van der Waals surface area contributed by atoms with Gasteiger partial charge in [0.25, 0.3) is 0 Å². The summed E-state index contributed by atoms with van der Waals surface area (Å²) in [6, 6.07) is 5.93. The minimum atomic E-state index is -0.320. The molecule has 0 amide bonds. The van der Waals surface area contributed by atoms with E-state index in [0.29, 0.717) is 18.0 Å².